The van der Waals surface area contributed by atoms with E-state index in [1.165, 1.54) is 10.5 Å². The van der Waals surface area contributed by atoms with Gasteiger partial charge in [-0.15, -0.1) is 0 Å². The number of likely N-dealkylation sites (N-methyl/N-ethyl adjacent to an activating group) is 1. The summed E-state index contributed by atoms with van der Waals surface area (Å²) in [5.41, 5.74) is 1.81. The number of anilines is 1. The number of amides is 3. The minimum Gasteiger partial charge on any atom is -0.354 e. The number of urea groups is 1. The first-order valence-electron chi connectivity index (χ1n) is 9.84. The van der Waals surface area contributed by atoms with Gasteiger partial charge in [0.2, 0.25) is 5.91 Å². The molecular weight excluding hydrogens is 358 g/mol. The first-order chi connectivity index (χ1) is 13.4. The molecule has 2 aliphatic rings. The van der Waals surface area contributed by atoms with Gasteiger partial charge in [0.25, 0.3) is 0 Å². The number of aromatic nitrogens is 1. The van der Waals surface area contributed by atoms with Crippen molar-refractivity contribution in [1.29, 1.82) is 0 Å². The average Bonchev–Trinajstić information content (AvgIpc) is 3.06. The zero-order chi connectivity index (χ0) is 19.8. The van der Waals surface area contributed by atoms with Crippen molar-refractivity contribution in [1.82, 2.24) is 20.3 Å². The molecule has 2 aliphatic heterocycles. The van der Waals surface area contributed by atoms with Crippen molar-refractivity contribution in [3.8, 4) is 0 Å². The number of piperazine rings is 1. The number of benzene rings is 1. The maximum atomic E-state index is 12.2. The highest BCUT2D eigenvalue weighted by Gasteiger charge is 2.30. The van der Waals surface area contributed by atoms with Crippen molar-refractivity contribution >= 4 is 28.7 Å². The fourth-order valence-corrected chi connectivity index (χ4v) is 4.09. The van der Waals surface area contributed by atoms with Gasteiger partial charge in [0, 0.05) is 45.2 Å². The van der Waals surface area contributed by atoms with Crippen LogP contribution in [-0.2, 0) is 11.3 Å². The number of nitrogens with zero attached hydrogens (tertiary/aromatic N) is 4. The van der Waals surface area contributed by atoms with E-state index in [2.05, 4.69) is 53.3 Å². The molecule has 3 amide bonds. The largest absolute Gasteiger partial charge is 0.354 e. The molecule has 0 saturated carbocycles. The summed E-state index contributed by atoms with van der Waals surface area (Å²) < 4.78 is 5.42. The number of carbonyl (C=O) groups excluding carboxylic acids is 2. The second-order valence-corrected chi connectivity index (χ2v) is 8.14. The van der Waals surface area contributed by atoms with E-state index in [9.17, 15) is 9.59 Å². The monoisotopic (exact) mass is 385 g/mol. The third-order valence-electron chi connectivity index (χ3n) is 5.72. The molecule has 0 radical (unpaired) electrons. The quantitative estimate of drug-likeness (QED) is 0.867. The number of carbonyl (C=O) groups is 2. The maximum absolute atomic E-state index is 12.2. The average molecular weight is 385 g/mol. The molecular formula is C20H27N5O3. The lowest BCUT2D eigenvalue weighted by molar-refractivity contribution is -0.120. The van der Waals surface area contributed by atoms with E-state index in [1.54, 1.807) is 0 Å². The van der Waals surface area contributed by atoms with Crippen LogP contribution >= 0.6 is 0 Å². The molecule has 1 aromatic heterocycles. The molecule has 28 heavy (non-hydrogen) atoms. The molecule has 0 unspecified atom stereocenters. The molecule has 2 saturated heterocycles. The van der Waals surface area contributed by atoms with Crippen molar-refractivity contribution in [2.24, 2.45) is 5.92 Å². The molecule has 0 bridgehead atoms. The Bertz CT molecular complexity index is 893. The molecule has 4 rings (SSSR count). The smallest absolute Gasteiger partial charge is 0.329 e. The molecule has 0 aliphatic carbocycles. The van der Waals surface area contributed by atoms with Crippen LogP contribution in [0.2, 0.25) is 0 Å². The van der Waals surface area contributed by atoms with Gasteiger partial charge in [-0.2, -0.15) is 0 Å². The zero-order valence-electron chi connectivity index (χ0n) is 16.6. The predicted octanol–water partition coefficient (Wildman–Crippen LogP) is 2.05. The zero-order valence-corrected chi connectivity index (χ0v) is 16.6. The molecule has 3 heterocycles. The molecule has 150 valence electrons. The van der Waals surface area contributed by atoms with Crippen molar-refractivity contribution in [3.63, 3.8) is 0 Å². The van der Waals surface area contributed by atoms with Crippen LogP contribution < -0.4 is 10.2 Å². The summed E-state index contributed by atoms with van der Waals surface area (Å²) in [6.45, 7) is 8.87. The van der Waals surface area contributed by atoms with E-state index in [1.807, 2.05) is 6.07 Å². The van der Waals surface area contributed by atoms with E-state index in [0.717, 1.165) is 31.6 Å². The molecule has 2 fully saturated rings. The third kappa shape index (κ3) is 3.62. The molecule has 1 aromatic carbocycles. The lowest BCUT2D eigenvalue weighted by atomic mass is 9.99. The summed E-state index contributed by atoms with van der Waals surface area (Å²) in [6.07, 6.45) is 0.261. The number of imide groups is 1. The Morgan fingerprint density at radius 3 is 2.82 bits per heavy atom. The van der Waals surface area contributed by atoms with Gasteiger partial charge < -0.3 is 9.42 Å². The summed E-state index contributed by atoms with van der Waals surface area (Å²) >= 11 is 0. The van der Waals surface area contributed by atoms with Crippen LogP contribution in [-0.4, -0.2) is 66.2 Å². The highest BCUT2D eigenvalue weighted by molar-refractivity contribution is 6.08. The topological polar surface area (TPSA) is 81.9 Å². The van der Waals surface area contributed by atoms with E-state index in [4.69, 9.17) is 4.52 Å². The molecule has 8 heteroatoms. The van der Waals surface area contributed by atoms with Crippen molar-refractivity contribution < 1.29 is 14.1 Å². The summed E-state index contributed by atoms with van der Waals surface area (Å²) in [4.78, 5) is 30.0. The van der Waals surface area contributed by atoms with Crippen LogP contribution in [0.1, 0.15) is 25.8 Å². The van der Waals surface area contributed by atoms with Gasteiger partial charge in [-0.25, -0.2) is 4.79 Å². The van der Waals surface area contributed by atoms with Gasteiger partial charge >= 0.3 is 6.03 Å². The Morgan fingerprint density at radius 2 is 2.07 bits per heavy atom. The standard InChI is InChI=1S/C20H27N5O3/c1-13(2)16-12-23(3)8-9-24(16)11-14-4-5-17-15(10-14)19(22-28-17)25-7-6-18(26)21-20(25)27/h4-5,10,13,16H,6-9,11-12H2,1-3H3,(H,21,26,27)/t16-/m0/s1. The molecule has 8 nitrogen and oxygen atoms in total. The Balaban J connectivity index is 1.59. The lowest BCUT2D eigenvalue weighted by Crippen LogP contribution is -2.53. The van der Waals surface area contributed by atoms with Gasteiger partial charge in [-0.05, 0) is 30.7 Å². The van der Waals surface area contributed by atoms with Gasteiger partial charge in [0.05, 0.1) is 5.39 Å². The Morgan fingerprint density at radius 1 is 1.25 bits per heavy atom. The summed E-state index contributed by atoms with van der Waals surface area (Å²) in [5, 5.41) is 7.24. The summed E-state index contributed by atoms with van der Waals surface area (Å²) in [6, 6.07) is 6.09. The minimum atomic E-state index is -0.448. The van der Waals surface area contributed by atoms with Crippen LogP contribution in [0.4, 0.5) is 10.6 Å². The summed E-state index contributed by atoms with van der Waals surface area (Å²) in [7, 11) is 2.18. The second kappa shape index (κ2) is 7.52. The normalized spacial score (nSPS) is 22.3. The Kier molecular flexibility index (Phi) is 5.07. The van der Waals surface area contributed by atoms with Crippen LogP contribution in [0.3, 0.4) is 0 Å². The highest BCUT2D eigenvalue weighted by Crippen LogP contribution is 2.29. The van der Waals surface area contributed by atoms with E-state index in [0.29, 0.717) is 29.9 Å². The second-order valence-electron chi connectivity index (χ2n) is 8.14. The fraction of sp³-hybridized carbons (Fsp3) is 0.550. The minimum absolute atomic E-state index is 0.260. The number of fused-ring (bicyclic) bond motifs is 1. The first kappa shape index (κ1) is 18.9. The number of hydrogen-bond acceptors (Lipinski definition) is 6. The molecule has 2 aromatic rings. The first-order valence-corrected chi connectivity index (χ1v) is 9.84. The predicted molar refractivity (Wildman–Crippen MR) is 106 cm³/mol. The number of nitrogens with one attached hydrogen (secondary N) is 1. The van der Waals surface area contributed by atoms with Crippen molar-refractivity contribution in [2.75, 3.05) is 38.1 Å². The van der Waals surface area contributed by atoms with E-state index in [-0.39, 0.29) is 12.3 Å². The van der Waals surface area contributed by atoms with Gasteiger partial charge in [0.1, 0.15) is 0 Å². The third-order valence-corrected chi connectivity index (χ3v) is 5.72. The SMILES string of the molecule is CC(C)[C@@H]1CN(C)CCN1Cc1ccc2onc(N3CCC(=O)NC3=O)c2c1. The van der Waals surface area contributed by atoms with Crippen LogP contribution in [0.5, 0.6) is 0 Å². The van der Waals surface area contributed by atoms with Crippen molar-refractivity contribution in [2.45, 2.75) is 32.9 Å². The van der Waals surface area contributed by atoms with Crippen LogP contribution in [0.25, 0.3) is 11.0 Å². The van der Waals surface area contributed by atoms with Crippen LogP contribution in [0, 0.1) is 5.92 Å². The molecule has 1 N–H and O–H groups in total. The Labute approximate surface area is 164 Å². The van der Waals surface area contributed by atoms with E-state index >= 15 is 0 Å². The lowest BCUT2D eigenvalue weighted by Gasteiger charge is -2.42. The Hall–Kier alpha value is -2.45. The van der Waals surface area contributed by atoms with Gasteiger partial charge in [0.15, 0.2) is 11.4 Å². The summed E-state index contributed by atoms with van der Waals surface area (Å²) in [5.74, 6) is 0.789. The molecule has 0 spiro atoms. The fourth-order valence-electron chi connectivity index (χ4n) is 4.09. The van der Waals surface area contributed by atoms with Crippen molar-refractivity contribution in [3.05, 3.63) is 23.8 Å². The number of hydrogen-bond donors (Lipinski definition) is 1. The van der Waals surface area contributed by atoms with E-state index < -0.39 is 6.03 Å². The maximum Gasteiger partial charge on any atom is 0.329 e. The van der Waals surface area contributed by atoms with Gasteiger partial charge in [-0.1, -0.05) is 25.1 Å². The molecule has 1 atom stereocenters. The highest BCUT2D eigenvalue weighted by atomic mass is 16.5. The van der Waals surface area contributed by atoms with Gasteiger partial charge in [-0.3, -0.25) is 19.9 Å². The van der Waals surface area contributed by atoms with Crippen LogP contribution in [0.15, 0.2) is 22.7 Å². The number of rotatable bonds is 4.